The van der Waals surface area contributed by atoms with E-state index < -0.39 is 41.0 Å². The van der Waals surface area contributed by atoms with Crippen LogP contribution in [-0.2, 0) is 11.3 Å². The van der Waals surface area contributed by atoms with Crippen molar-refractivity contribution in [2.24, 2.45) is 0 Å². The van der Waals surface area contributed by atoms with Crippen LogP contribution in [0.4, 0.5) is 8.78 Å². The third kappa shape index (κ3) is 3.68. The molecule has 0 bridgehead atoms. The number of benzene rings is 2. The van der Waals surface area contributed by atoms with Crippen LogP contribution in [0.5, 0.6) is 0 Å². The highest BCUT2D eigenvalue weighted by atomic mass is 35.5. The van der Waals surface area contributed by atoms with Gasteiger partial charge in [-0.05, 0) is 36.8 Å². The van der Waals surface area contributed by atoms with Gasteiger partial charge in [-0.3, -0.25) is 14.2 Å². The Morgan fingerprint density at radius 2 is 1.89 bits per heavy atom. The molecule has 0 spiro atoms. The molecule has 0 aliphatic rings. The summed E-state index contributed by atoms with van der Waals surface area (Å²) in [5, 5.41) is 2.97. The Hall–Kier alpha value is -3.00. The molecule has 0 aliphatic carbocycles. The Labute approximate surface area is 163 Å². The molecule has 2 aromatic carbocycles. The van der Waals surface area contributed by atoms with E-state index in [0.29, 0.717) is 23.6 Å². The molecular formula is C19H16ClF2N3O3. The van der Waals surface area contributed by atoms with Crippen molar-refractivity contribution >= 4 is 28.4 Å². The second-order valence-corrected chi connectivity index (χ2v) is 6.55. The number of nitrogens with zero attached hydrogens (tertiary/aromatic N) is 2. The SMILES string of the molecule is CCCNC(=O)Cn1c(=O)n(-c2ccc(F)cc2F)c(=O)c2ccc(Cl)cc21. The van der Waals surface area contributed by atoms with Crippen LogP contribution in [0, 0.1) is 11.6 Å². The zero-order valence-corrected chi connectivity index (χ0v) is 15.6. The number of hydrogen-bond acceptors (Lipinski definition) is 3. The molecule has 0 radical (unpaired) electrons. The second-order valence-electron chi connectivity index (χ2n) is 6.12. The Morgan fingerprint density at radius 1 is 1.14 bits per heavy atom. The summed E-state index contributed by atoms with van der Waals surface area (Å²) < 4.78 is 29.1. The van der Waals surface area contributed by atoms with E-state index in [2.05, 4.69) is 5.32 Å². The lowest BCUT2D eigenvalue weighted by molar-refractivity contribution is -0.121. The van der Waals surface area contributed by atoms with Gasteiger partial charge in [-0.2, -0.15) is 0 Å². The van der Waals surface area contributed by atoms with Gasteiger partial charge in [-0.25, -0.2) is 18.1 Å². The highest BCUT2D eigenvalue weighted by Crippen LogP contribution is 2.18. The maximum Gasteiger partial charge on any atom is 0.336 e. The van der Waals surface area contributed by atoms with Crippen LogP contribution in [0.15, 0.2) is 46.0 Å². The number of carbonyl (C=O) groups excluding carboxylic acids is 1. The molecular weight excluding hydrogens is 392 g/mol. The van der Waals surface area contributed by atoms with E-state index in [4.69, 9.17) is 11.6 Å². The lowest BCUT2D eigenvalue weighted by Gasteiger charge is -2.15. The van der Waals surface area contributed by atoms with Crippen LogP contribution in [0.25, 0.3) is 16.6 Å². The molecule has 9 heteroatoms. The summed E-state index contributed by atoms with van der Waals surface area (Å²) in [5.41, 5.74) is -1.99. The molecule has 0 saturated carbocycles. The van der Waals surface area contributed by atoms with Gasteiger partial charge in [0.2, 0.25) is 5.91 Å². The van der Waals surface area contributed by atoms with Crippen molar-refractivity contribution in [2.75, 3.05) is 6.54 Å². The number of nitrogens with one attached hydrogen (secondary N) is 1. The molecule has 0 unspecified atom stereocenters. The molecule has 146 valence electrons. The molecule has 28 heavy (non-hydrogen) atoms. The molecule has 3 rings (SSSR count). The number of carbonyl (C=O) groups is 1. The molecule has 1 amide bonds. The molecule has 0 fully saturated rings. The van der Waals surface area contributed by atoms with Crippen molar-refractivity contribution in [3.63, 3.8) is 0 Å². The highest BCUT2D eigenvalue weighted by Gasteiger charge is 2.19. The summed E-state index contributed by atoms with van der Waals surface area (Å²) in [6, 6.07) is 6.73. The van der Waals surface area contributed by atoms with Gasteiger partial charge in [0, 0.05) is 17.6 Å². The van der Waals surface area contributed by atoms with Crippen molar-refractivity contribution in [3.8, 4) is 5.69 Å². The quantitative estimate of drug-likeness (QED) is 0.706. The minimum Gasteiger partial charge on any atom is -0.355 e. The van der Waals surface area contributed by atoms with E-state index >= 15 is 0 Å². The van der Waals surface area contributed by atoms with Gasteiger partial charge in [-0.15, -0.1) is 0 Å². The van der Waals surface area contributed by atoms with Crippen LogP contribution in [0.1, 0.15) is 13.3 Å². The summed E-state index contributed by atoms with van der Waals surface area (Å²) in [7, 11) is 0. The van der Waals surface area contributed by atoms with Gasteiger partial charge >= 0.3 is 5.69 Å². The highest BCUT2D eigenvalue weighted by molar-refractivity contribution is 6.31. The number of hydrogen-bond donors (Lipinski definition) is 1. The lowest BCUT2D eigenvalue weighted by atomic mass is 10.2. The standard InChI is InChI=1S/C19H16ClF2N3O3/c1-2-7-23-17(26)10-24-16-8-11(20)3-5-13(16)18(27)25(19(24)28)15-6-4-12(21)9-14(15)22/h3-6,8-9H,2,7,10H2,1H3,(H,23,26). The summed E-state index contributed by atoms with van der Waals surface area (Å²) in [5.74, 6) is -2.37. The predicted octanol–water partition coefficient (Wildman–Crippen LogP) is 2.61. The van der Waals surface area contributed by atoms with E-state index in [0.717, 1.165) is 16.7 Å². The van der Waals surface area contributed by atoms with Crippen molar-refractivity contribution in [1.82, 2.24) is 14.5 Å². The van der Waals surface area contributed by atoms with Crippen LogP contribution in [0.3, 0.4) is 0 Å². The van der Waals surface area contributed by atoms with Gasteiger partial charge in [0.1, 0.15) is 18.2 Å². The van der Waals surface area contributed by atoms with Crippen molar-refractivity contribution in [1.29, 1.82) is 0 Å². The first-order valence-electron chi connectivity index (χ1n) is 8.50. The van der Waals surface area contributed by atoms with Crippen LogP contribution >= 0.6 is 11.6 Å². The fraction of sp³-hybridized carbons (Fsp3) is 0.211. The van der Waals surface area contributed by atoms with Crippen LogP contribution < -0.4 is 16.6 Å². The number of aromatic nitrogens is 2. The van der Waals surface area contributed by atoms with Crippen LogP contribution in [-0.4, -0.2) is 21.6 Å². The third-order valence-corrected chi connectivity index (χ3v) is 4.37. The Bertz CT molecular complexity index is 1190. The fourth-order valence-corrected chi connectivity index (χ4v) is 3.00. The van der Waals surface area contributed by atoms with Crippen molar-refractivity contribution < 1.29 is 13.6 Å². The van der Waals surface area contributed by atoms with E-state index in [9.17, 15) is 23.2 Å². The summed E-state index contributed by atoms with van der Waals surface area (Å²) in [6.07, 6.45) is 0.702. The molecule has 1 N–H and O–H groups in total. The van der Waals surface area contributed by atoms with Gasteiger partial charge in [0.05, 0.1) is 16.6 Å². The first-order valence-corrected chi connectivity index (χ1v) is 8.88. The van der Waals surface area contributed by atoms with E-state index in [1.54, 1.807) is 0 Å². The molecule has 0 saturated heterocycles. The van der Waals surface area contributed by atoms with Gasteiger partial charge in [-0.1, -0.05) is 18.5 Å². The number of halogens is 3. The largest absolute Gasteiger partial charge is 0.355 e. The fourth-order valence-electron chi connectivity index (χ4n) is 2.83. The number of rotatable bonds is 5. The van der Waals surface area contributed by atoms with Crippen LogP contribution in [0.2, 0.25) is 5.02 Å². The van der Waals surface area contributed by atoms with E-state index in [1.165, 1.54) is 18.2 Å². The average Bonchev–Trinajstić information content (AvgIpc) is 2.65. The molecule has 1 heterocycles. The maximum absolute atomic E-state index is 14.3. The molecule has 3 aromatic rings. The predicted molar refractivity (Wildman–Crippen MR) is 102 cm³/mol. The number of amides is 1. The topological polar surface area (TPSA) is 73.1 Å². The average molecular weight is 408 g/mol. The monoisotopic (exact) mass is 407 g/mol. The summed E-state index contributed by atoms with van der Waals surface area (Å²) in [4.78, 5) is 38.0. The zero-order chi connectivity index (χ0) is 20.4. The van der Waals surface area contributed by atoms with Gasteiger partial charge in [0.15, 0.2) is 0 Å². The van der Waals surface area contributed by atoms with Crippen molar-refractivity contribution in [2.45, 2.75) is 19.9 Å². The zero-order valence-electron chi connectivity index (χ0n) is 14.8. The lowest BCUT2D eigenvalue weighted by Crippen LogP contribution is -2.42. The Balaban J connectivity index is 2.31. The normalized spacial score (nSPS) is 11.0. The summed E-state index contributed by atoms with van der Waals surface area (Å²) in [6.45, 7) is 1.90. The number of fused-ring (bicyclic) bond motifs is 1. The first kappa shape index (κ1) is 19.8. The maximum atomic E-state index is 14.3. The summed E-state index contributed by atoms with van der Waals surface area (Å²) >= 11 is 5.99. The second kappa shape index (κ2) is 7.93. The van der Waals surface area contributed by atoms with Crippen molar-refractivity contribution in [3.05, 3.63) is 73.9 Å². The van der Waals surface area contributed by atoms with Gasteiger partial charge < -0.3 is 5.32 Å². The molecule has 0 aliphatic heterocycles. The smallest absolute Gasteiger partial charge is 0.336 e. The first-order chi connectivity index (χ1) is 13.3. The molecule has 1 aromatic heterocycles. The molecule has 6 nitrogen and oxygen atoms in total. The Kier molecular flexibility index (Phi) is 5.60. The minimum atomic E-state index is -1.07. The van der Waals surface area contributed by atoms with E-state index in [1.807, 2.05) is 6.92 Å². The Morgan fingerprint density at radius 3 is 2.57 bits per heavy atom. The van der Waals surface area contributed by atoms with E-state index in [-0.39, 0.29) is 15.9 Å². The van der Waals surface area contributed by atoms with Gasteiger partial charge in [0.25, 0.3) is 5.56 Å². The molecule has 0 atom stereocenters. The minimum absolute atomic E-state index is 0.0658. The third-order valence-electron chi connectivity index (χ3n) is 4.13.